The Morgan fingerprint density at radius 3 is 2.61 bits per heavy atom. The maximum Gasteiger partial charge on any atom is 0.190 e. The minimum atomic E-state index is -0.0760. The van der Waals surface area contributed by atoms with Crippen molar-refractivity contribution in [2.24, 2.45) is 11.0 Å². The molecule has 0 bridgehead atoms. The summed E-state index contributed by atoms with van der Waals surface area (Å²) in [5.74, 6) is 1.27. The molecule has 28 heavy (non-hydrogen) atoms. The van der Waals surface area contributed by atoms with Gasteiger partial charge in [-0.1, -0.05) is 66.2 Å². The quantitative estimate of drug-likeness (QED) is 0.383. The predicted molar refractivity (Wildman–Crippen MR) is 121 cm³/mol. The van der Waals surface area contributed by atoms with Gasteiger partial charge in [-0.15, -0.1) is 0 Å². The largest absolute Gasteiger partial charge is 0.467 e. The van der Waals surface area contributed by atoms with Crippen LogP contribution in [0.1, 0.15) is 37.4 Å². The first-order chi connectivity index (χ1) is 13.5. The highest BCUT2D eigenvalue weighted by Gasteiger charge is 2.42. The Morgan fingerprint density at radius 1 is 1.04 bits per heavy atom. The number of ether oxygens (including phenoxy) is 1. The van der Waals surface area contributed by atoms with Gasteiger partial charge in [0.15, 0.2) is 6.23 Å². The van der Waals surface area contributed by atoms with E-state index in [2.05, 4.69) is 99.2 Å². The molecular formula is C23H20Br2N2O. The number of rotatable bonds is 2. The highest BCUT2D eigenvalue weighted by atomic mass is 79.9. The summed E-state index contributed by atoms with van der Waals surface area (Å²) in [6.45, 7) is 4.37. The molecule has 3 aromatic carbocycles. The second-order valence-corrected chi connectivity index (χ2v) is 9.54. The lowest BCUT2D eigenvalue weighted by Crippen LogP contribution is -2.43. The molecular weight excluding hydrogens is 480 g/mol. The Balaban J connectivity index is 1.59. The number of hydrogen-bond donors (Lipinski definition) is 0. The van der Waals surface area contributed by atoms with Gasteiger partial charge in [0.1, 0.15) is 5.75 Å². The second-order valence-electron chi connectivity index (χ2n) is 7.77. The third-order valence-corrected chi connectivity index (χ3v) is 6.54. The maximum absolute atomic E-state index is 6.40. The summed E-state index contributed by atoms with van der Waals surface area (Å²) in [7, 11) is 0. The van der Waals surface area contributed by atoms with Gasteiger partial charge >= 0.3 is 0 Å². The fourth-order valence-corrected chi connectivity index (χ4v) is 5.48. The van der Waals surface area contributed by atoms with Crippen molar-refractivity contribution < 1.29 is 4.74 Å². The van der Waals surface area contributed by atoms with E-state index in [0.29, 0.717) is 5.92 Å². The number of benzene rings is 3. The first-order valence-corrected chi connectivity index (χ1v) is 11.1. The zero-order valence-electron chi connectivity index (χ0n) is 15.7. The van der Waals surface area contributed by atoms with Crippen molar-refractivity contribution in [3.05, 3.63) is 74.7 Å². The number of halogens is 2. The standard InChI is InChI=1S/C23H20Br2N2O/c1-13(2)23-27-21(18-10-17(24)11-19(25)22(18)28-23)12-20(26-27)16-8-7-14-5-3-4-6-15(14)9-16/h3-11,13,21,23H,12H2,1-2H3. The van der Waals surface area contributed by atoms with E-state index in [9.17, 15) is 0 Å². The van der Waals surface area contributed by atoms with Crippen LogP contribution in [0.5, 0.6) is 5.75 Å². The van der Waals surface area contributed by atoms with Gasteiger partial charge in [0.25, 0.3) is 0 Å². The van der Waals surface area contributed by atoms with Crippen LogP contribution >= 0.6 is 31.9 Å². The molecule has 0 aromatic heterocycles. The summed E-state index contributed by atoms with van der Waals surface area (Å²) in [6, 6.07) is 19.5. The molecule has 3 nitrogen and oxygen atoms in total. The maximum atomic E-state index is 6.40. The predicted octanol–water partition coefficient (Wildman–Crippen LogP) is 6.89. The first-order valence-electron chi connectivity index (χ1n) is 9.52. The van der Waals surface area contributed by atoms with Gasteiger partial charge in [-0.25, -0.2) is 5.01 Å². The Bertz CT molecular complexity index is 1110. The fraction of sp³-hybridized carbons (Fsp3) is 0.261. The summed E-state index contributed by atoms with van der Waals surface area (Å²) >= 11 is 7.31. The third-order valence-electron chi connectivity index (χ3n) is 5.49. The minimum Gasteiger partial charge on any atom is -0.467 e. The molecule has 142 valence electrons. The molecule has 2 atom stereocenters. The monoisotopic (exact) mass is 498 g/mol. The molecule has 2 aliphatic rings. The molecule has 5 rings (SSSR count). The molecule has 0 amide bonds. The molecule has 2 heterocycles. The van der Waals surface area contributed by atoms with Crippen LogP contribution in [0.25, 0.3) is 10.8 Å². The second kappa shape index (κ2) is 6.89. The highest BCUT2D eigenvalue weighted by molar-refractivity contribution is 9.11. The van der Waals surface area contributed by atoms with Crippen molar-refractivity contribution in [1.29, 1.82) is 0 Å². The Hall–Kier alpha value is -1.85. The van der Waals surface area contributed by atoms with Crippen molar-refractivity contribution in [2.75, 3.05) is 0 Å². The zero-order valence-corrected chi connectivity index (χ0v) is 18.9. The molecule has 0 aliphatic carbocycles. The van der Waals surface area contributed by atoms with Gasteiger partial charge in [0.05, 0.1) is 16.2 Å². The molecule has 0 fully saturated rings. The summed E-state index contributed by atoms with van der Waals surface area (Å²) in [4.78, 5) is 0. The number of nitrogens with zero attached hydrogens (tertiary/aromatic N) is 2. The van der Waals surface area contributed by atoms with E-state index in [1.807, 2.05) is 6.07 Å². The fourth-order valence-electron chi connectivity index (χ4n) is 4.13. The first kappa shape index (κ1) is 18.2. The lowest BCUT2D eigenvalue weighted by atomic mass is 9.94. The molecule has 0 saturated carbocycles. The van der Waals surface area contributed by atoms with Crippen molar-refractivity contribution in [1.82, 2.24) is 5.01 Å². The molecule has 2 unspecified atom stereocenters. The summed E-state index contributed by atoms with van der Waals surface area (Å²) < 4.78 is 8.43. The van der Waals surface area contributed by atoms with Gasteiger partial charge in [-0.05, 0) is 50.5 Å². The van der Waals surface area contributed by atoms with E-state index in [0.717, 1.165) is 26.8 Å². The van der Waals surface area contributed by atoms with E-state index in [1.54, 1.807) is 0 Å². The van der Waals surface area contributed by atoms with Gasteiger partial charge in [-0.3, -0.25) is 0 Å². The van der Waals surface area contributed by atoms with Gasteiger partial charge < -0.3 is 4.74 Å². The lowest BCUT2D eigenvalue weighted by Gasteiger charge is -2.40. The Kier molecular flexibility index (Phi) is 4.48. The highest BCUT2D eigenvalue weighted by Crippen LogP contribution is 2.48. The van der Waals surface area contributed by atoms with E-state index in [1.165, 1.54) is 21.9 Å². The van der Waals surface area contributed by atoms with Crippen LogP contribution in [0.2, 0.25) is 0 Å². The smallest absolute Gasteiger partial charge is 0.190 e. The summed E-state index contributed by atoms with van der Waals surface area (Å²) in [6.07, 6.45) is 0.800. The van der Waals surface area contributed by atoms with Gasteiger partial charge in [0, 0.05) is 22.4 Å². The Morgan fingerprint density at radius 2 is 1.82 bits per heavy atom. The average Bonchev–Trinajstić information content (AvgIpc) is 3.12. The average molecular weight is 500 g/mol. The summed E-state index contributed by atoms with van der Waals surface area (Å²) in [5.41, 5.74) is 3.48. The third kappa shape index (κ3) is 2.96. The molecule has 0 radical (unpaired) electrons. The van der Waals surface area contributed by atoms with Gasteiger partial charge in [0.2, 0.25) is 0 Å². The molecule has 0 saturated heterocycles. The number of fused-ring (bicyclic) bond motifs is 4. The molecule has 2 aliphatic heterocycles. The van der Waals surface area contributed by atoms with E-state index < -0.39 is 0 Å². The van der Waals surface area contributed by atoms with Crippen LogP contribution in [0, 0.1) is 5.92 Å². The topological polar surface area (TPSA) is 24.8 Å². The minimum absolute atomic E-state index is 0.0760. The van der Waals surface area contributed by atoms with Crippen molar-refractivity contribution in [2.45, 2.75) is 32.5 Å². The number of hydrogen-bond acceptors (Lipinski definition) is 3. The number of hydrazone groups is 1. The molecule has 0 spiro atoms. The van der Waals surface area contributed by atoms with Crippen molar-refractivity contribution in [3.8, 4) is 5.75 Å². The van der Waals surface area contributed by atoms with Crippen LogP contribution < -0.4 is 4.74 Å². The van der Waals surface area contributed by atoms with Crippen LogP contribution in [-0.4, -0.2) is 16.9 Å². The van der Waals surface area contributed by atoms with Gasteiger partial charge in [-0.2, -0.15) is 5.10 Å². The van der Waals surface area contributed by atoms with Crippen LogP contribution in [0.3, 0.4) is 0 Å². The molecule has 5 heteroatoms. The van der Waals surface area contributed by atoms with Crippen molar-refractivity contribution >= 4 is 48.3 Å². The Labute approximate surface area is 181 Å². The van der Waals surface area contributed by atoms with E-state index >= 15 is 0 Å². The molecule has 3 aromatic rings. The SMILES string of the molecule is CC(C)C1Oc2c(Br)cc(Br)cc2C2CC(c3ccc4ccccc4c3)=NN21. The van der Waals surface area contributed by atoms with E-state index in [-0.39, 0.29) is 12.3 Å². The summed E-state index contributed by atoms with van der Waals surface area (Å²) in [5, 5.41) is 9.70. The van der Waals surface area contributed by atoms with Crippen LogP contribution in [0.15, 0.2) is 68.6 Å². The normalized spacial score (nSPS) is 20.8. The molecule has 0 N–H and O–H groups in total. The lowest BCUT2D eigenvalue weighted by molar-refractivity contribution is -0.0467. The van der Waals surface area contributed by atoms with Crippen LogP contribution in [-0.2, 0) is 0 Å². The van der Waals surface area contributed by atoms with Crippen LogP contribution in [0.4, 0.5) is 0 Å². The zero-order chi connectivity index (χ0) is 19.4. The van der Waals surface area contributed by atoms with Crippen molar-refractivity contribution in [3.63, 3.8) is 0 Å². The van der Waals surface area contributed by atoms with E-state index in [4.69, 9.17) is 9.84 Å².